The van der Waals surface area contributed by atoms with E-state index in [-0.39, 0.29) is 5.78 Å². The lowest BCUT2D eigenvalue weighted by Crippen LogP contribution is -2.13. The number of hydrogen-bond donors (Lipinski definition) is 1. The molecular formula is C20H20ClNO. The molecule has 0 heterocycles. The minimum atomic E-state index is 0.0207. The molecule has 2 rings (SSSR count). The Hall–Kier alpha value is -2.32. The molecule has 2 aromatic rings. The minimum Gasteiger partial charge on any atom is -0.381 e. The van der Waals surface area contributed by atoms with Crippen LogP contribution in [0.1, 0.15) is 40.9 Å². The van der Waals surface area contributed by atoms with E-state index in [2.05, 4.69) is 18.5 Å². The first-order chi connectivity index (χ1) is 10.9. The van der Waals surface area contributed by atoms with Gasteiger partial charge in [-0.05, 0) is 31.0 Å². The maximum Gasteiger partial charge on any atom is 0.160 e. The smallest absolute Gasteiger partial charge is 0.160 e. The summed E-state index contributed by atoms with van der Waals surface area (Å²) in [6.07, 6.45) is 0. The second-order valence-electron chi connectivity index (χ2n) is 5.52. The highest BCUT2D eigenvalue weighted by molar-refractivity contribution is 6.31. The SMILES string of the molecule is C=C(C)c1ccc(CNC(=C)c2ccccc2C(C)=O)c(Cl)c1. The fraction of sp³-hybridized carbons (Fsp3) is 0.150. The van der Waals surface area contributed by atoms with Gasteiger partial charge in [0.1, 0.15) is 0 Å². The lowest BCUT2D eigenvalue weighted by molar-refractivity contribution is 0.101. The third-order valence-electron chi connectivity index (χ3n) is 3.67. The van der Waals surface area contributed by atoms with Crippen LogP contribution in [-0.4, -0.2) is 5.78 Å². The number of allylic oxidation sites excluding steroid dienone is 1. The molecular weight excluding hydrogens is 306 g/mol. The number of carbonyl (C=O) groups is 1. The quantitative estimate of drug-likeness (QED) is 0.727. The minimum absolute atomic E-state index is 0.0207. The van der Waals surface area contributed by atoms with Crippen molar-refractivity contribution < 1.29 is 4.79 Å². The van der Waals surface area contributed by atoms with Gasteiger partial charge in [0, 0.05) is 28.4 Å². The second-order valence-corrected chi connectivity index (χ2v) is 5.93. The average Bonchev–Trinajstić information content (AvgIpc) is 2.53. The van der Waals surface area contributed by atoms with Crippen LogP contribution in [0.25, 0.3) is 11.3 Å². The number of benzene rings is 2. The van der Waals surface area contributed by atoms with Gasteiger partial charge in [0.2, 0.25) is 0 Å². The van der Waals surface area contributed by atoms with Gasteiger partial charge in [-0.2, -0.15) is 0 Å². The first kappa shape index (κ1) is 17.0. The van der Waals surface area contributed by atoms with Crippen molar-refractivity contribution in [2.45, 2.75) is 20.4 Å². The molecule has 0 fully saturated rings. The molecule has 1 N–H and O–H groups in total. The summed E-state index contributed by atoms with van der Waals surface area (Å²) < 4.78 is 0. The molecule has 0 spiro atoms. The molecule has 2 aromatic carbocycles. The lowest BCUT2D eigenvalue weighted by atomic mass is 10.0. The molecule has 3 heteroatoms. The molecule has 0 radical (unpaired) electrons. The fourth-order valence-electron chi connectivity index (χ4n) is 2.31. The highest BCUT2D eigenvalue weighted by Gasteiger charge is 2.10. The van der Waals surface area contributed by atoms with Gasteiger partial charge < -0.3 is 5.32 Å². The van der Waals surface area contributed by atoms with E-state index in [9.17, 15) is 4.79 Å². The molecule has 0 aromatic heterocycles. The predicted molar refractivity (Wildman–Crippen MR) is 98.5 cm³/mol. The monoisotopic (exact) mass is 325 g/mol. The Bertz CT molecular complexity index is 777. The van der Waals surface area contributed by atoms with E-state index in [0.29, 0.717) is 22.8 Å². The Balaban J connectivity index is 2.14. The Morgan fingerprint density at radius 3 is 2.30 bits per heavy atom. The average molecular weight is 326 g/mol. The lowest BCUT2D eigenvalue weighted by Gasteiger charge is -2.14. The van der Waals surface area contributed by atoms with E-state index in [1.54, 1.807) is 13.0 Å². The Kier molecular flexibility index (Phi) is 5.41. The van der Waals surface area contributed by atoms with Crippen LogP contribution < -0.4 is 5.32 Å². The Labute approximate surface area is 142 Å². The number of rotatable bonds is 6. The molecule has 0 aliphatic rings. The maximum absolute atomic E-state index is 11.7. The molecule has 2 nitrogen and oxygen atoms in total. The zero-order valence-corrected chi connectivity index (χ0v) is 14.2. The van der Waals surface area contributed by atoms with Gasteiger partial charge >= 0.3 is 0 Å². The van der Waals surface area contributed by atoms with Gasteiger partial charge in [-0.25, -0.2) is 0 Å². The van der Waals surface area contributed by atoms with Gasteiger partial charge in [0.25, 0.3) is 0 Å². The Morgan fingerprint density at radius 2 is 1.74 bits per heavy atom. The summed E-state index contributed by atoms with van der Waals surface area (Å²) in [7, 11) is 0. The summed E-state index contributed by atoms with van der Waals surface area (Å²) in [5.41, 5.74) is 5.16. The zero-order valence-electron chi connectivity index (χ0n) is 13.4. The largest absolute Gasteiger partial charge is 0.381 e. The third-order valence-corrected chi connectivity index (χ3v) is 4.02. The van der Waals surface area contributed by atoms with Crippen molar-refractivity contribution in [2.75, 3.05) is 0 Å². The molecule has 0 unspecified atom stereocenters. The van der Waals surface area contributed by atoms with Gasteiger partial charge in [0.15, 0.2) is 5.78 Å². The third kappa shape index (κ3) is 4.11. The molecule has 0 aliphatic carbocycles. The zero-order chi connectivity index (χ0) is 17.0. The van der Waals surface area contributed by atoms with E-state index in [1.165, 1.54) is 0 Å². The van der Waals surface area contributed by atoms with Crippen molar-refractivity contribution in [1.29, 1.82) is 0 Å². The van der Waals surface area contributed by atoms with E-state index < -0.39 is 0 Å². The van der Waals surface area contributed by atoms with E-state index in [4.69, 9.17) is 11.6 Å². The van der Waals surface area contributed by atoms with E-state index >= 15 is 0 Å². The van der Waals surface area contributed by atoms with Crippen LogP contribution >= 0.6 is 11.6 Å². The molecule has 0 atom stereocenters. The van der Waals surface area contributed by atoms with Crippen molar-refractivity contribution in [3.8, 4) is 0 Å². The predicted octanol–water partition coefficient (Wildman–Crippen LogP) is 5.34. The normalized spacial score (nSPS) is 10.2. The van der Waals surface area contributed by atoms with Crippen molar-refractivity contribution in [1.82, 2.24) is 5.32 Å². The summed E-state index contributed by atoms with van der Waals surface area (Å²) in [6, 6.07) is 13.3. The first-order valence-electron chi connectivity index (χ1n) is 7.37. The number of hydrogen-bond acceptors (Lipinski definition) is 2. The van der Waals surface area contributed by atoms with Crippen LogP contribution in [0.4, 0.5) is 0 Å². The highest BCUT2D eigenvalue weighted by Crippen LogP contribution is 2.23. The fourth-order valence-corrected chi connectivity index (χ4v) is 2.55. The van der Waals surface area contributed by atoms with Crippen LogP contribution in [0.2, 0.25) is 5.02 Å². The molecule has 0 saturated heterocycles. The van der Waals surface area contributed by atoms with Crippen LogP contribution in [0.3, 0.4) is 0 Å². The molecule has 0 saturated carbocycles. The van der Waals surface area contributed by atoms with Crippen LogP contribution in [0.15, 0.2) is 55.6 Å². The number of nitrogens with one attached hydrogen (secondary N) is 1. The van der Waals surface area contributed by atoms with Crippen molar-refractivity contribution in [2.24, 2.45) is 0 Å². The van der Waals surface area contributed by atoms with Crippen molar-refractivity contribution in [3.05, 3.63) is 82.9 Å². The summed E-state index contributed by atoms with van der Waals surface area (Å²) in [5.74, 6) is 0.0207. The van der Waals surface area contributed by atoms with Crippen LogP contribution in [0.5, 0.6) is 0 Å². The summed E-state index contributed by atoms with van der Waals surface area (Å²) in [4.78, 5) is 11.7. The Morgan fingerprint density at radius 1 is 1.09 bits per heavy atom. The van der Waals surface area contributed by atoms with Gasteiger partial charge in [-0.3, -0.25) is 4.79 Å². The van der Waals surface area contributed by atoms with Crippen LogP contribution in [-0.2, 0) is 6.54 Å². The van der Waals surface area contributed by atoms with Crippen molar-refractivity contribution >= 4 is 28.7 Å². The van der Waals surface area contributed by atoms with Gasteiger partial charge in [0.05, 0.1) is 0 Å². The first-order valence-corrected chi connectivity index (χ1v) is 7.75. The topological polar surface area (TPSA) is 29.1 Å². The van der Waals surface area contributed by atoms with E-state index in [1.807, 2.05) is 43.3 Å². The summed E-state index contributed by atoms with van der Waals surface area (Å²) >= 11 is 6.32. The van der Waals surface area contributed by atoms with Crippen LogP contribution in [0, 0.1) is 0 Å². The summed E-state index contributed by atoms with van der Waals surface area (Å²) in [6.45, 7) is 12.0. The molecule has 118 valence electrons. The molecule has 23 heavy (non-hydrogen) atoms. The van der Waals surface area contributed by atoms with Crippen molar-refractivity contribution in [3.63, 3.8) is 0 Å². The van der Waals surface area contributed by atoms with Gasteiger partial charge in [-0.15, -0.1) is 0 Å². The maximum atomic E-state index is 11.7. The second kappa shape index (κ2) is 7.30. The summed E-state index contributed by atoms with van der Waals surface area (Å²) in [5, 5.41) is 3.93. The number of Topliss-reactive ketones (excluding diaryl/α,β-unsaturated/α-hetero) is 1. The van der Waals surface area contributed by atoms with Gasteiger partial charge in [-0.1, -0.05) is 66.7 Å². The number of ketones is 1. The van der Waals surface area contributed by atoms with E-state index in [0.717, 1.165) is 22.3 Å². The molecule has 0 bridgehead atoms. The number of halogens is 1. The molecule has 0 amide bonds. The number of carbonyl (C=O) groups excluding carboxylic acids is 1. The highest BCUT2D eigenvalue weighted by atomic mass is 35.5. The molecule has 0 aliphatic heterocycles. The standard InChI is InChI=1S/C20H20ClNO/c1-13(2)16-9-10-17(20(21)11-16)12-22-14(3)18-7-5-6-8-19(18)15(4)23/h5-11,22H,1,3,12H2,2,4H3.